The molecule has 1 aromatic carbocycles. The molecule has 0 atom stereocenters. The van der Waals surface area contributed by atoms with E-state index in [-0.39, 0.29) is 0 Å². The van der Waals surface area contributed by atoms with Gasteiger partial charge in [-0.25, -0.2) is 4.68 Å². The number of para-hydroxylation sites is 1. The fourth-order valence-electron chi connectivity index (χ4n) is 2.01. The Labute approximate surface area is 126 Å². The number of anilines is 1. The summed E-state index contributed by atoms with van der Waals surface area (Å²) in [4.78, 5) is 0. The number of rotatable bonds is 4. The van der Waals surface area contributed by atoms with Crippen molar-refractivity contribution in [3.8, 4) is 11.8 Å². The number of nitriles is 1. The van der Waals surface area contributed by atoms with E-state index in [0.717, 1.165) is 11.4 Å². The first-order chi connectivity index (χ1) is 10.3. The largest absolute Gasteiger partial charge is 0.449 e. The summed E-state index contributed by atoms with van der Waals surface area (Å²) in [5.41, 5.74) is 1.61. The standard InChI is InChI=1S/C15H11ClN4O/c16-13-3-1-4-14(15(13)20-8-2-7-19-20)18-10-12-6-5-11(9-17)21-12/h1-8,18H,10H2. The molecule has 0 aliphatic heterocycles. The number of benzene rings is 1. The maximum absolute atomic E-state index is 8.75. The average Bonchev–Trinajstić information content (AvgIpc) is 3.16. The molecule has 0 aliphatic carbocycles. The fraction of sp³-hybridized carbons (Fsp3) is 0.0667. The minimum Gasteiger partial charge on any atom is -0.449 e. The van der Waals surface area contributed by atoms with Gasteiger partial charge in [0.05, 0.1) is 17.3 Å². The Hall–Kier alpha value is -2.71. The van der Waals surface area contributed by atoms with Gasteiger partial charge in [0.25, 0.3) is 0 Å². The summed E-state index contributed by atoms with van der Waals surface area (Å²) < 4.78 is 7.04. The quantitative estimate of drug-likeness (QED) is 0.799. The van der Waals surface area contributed by atoms with Crippen LogP contribution in [0.5, 0.6) is 0 Å². The number of aromatic nitrogens is 2. The van der Waals surface area contributed by atoms with Gasteiger partial charge in [0, 0.05) is 12.4 Å². The highest BCUT2D eigenvalue weighted by molar-refractivity contribution is 6.33. The molecule has 5 nitrogen and oxygen atoms in total. The molecule has 3 aromatic rings. The molecule has 0 radical (unpaired) electrons. The molecule has 0 spiro atoms. The van der Waals surface area contributed by atoms with Gasteiger partial charge >= 0.3 is 0 Å². The predicted molar refractivity (Wildman–Crippen MR) is 79.3 cm³/mol. The third-order valence-electron chi connectivity index (χ3n) is 2.95. The molecule has 0 bridgehead atoms. The molecule has 3 rings (SSSR count). The topological polar surface area (TPSA) is 66.8 Å². The van der Waals surface area contributed by atoms with Crippen molar-refractivity contribution in [1.82, 2.24) is 9.78 Å². The number of hydrogen-bond donors (Lipinski definition) is 1. The molecule has 1 N–H and O–H groups in total. The summed E-state index contributed by atoms with van der Waals surface area (Å²) >= 11 is 6.26. The molecule has 0 saturated heterocycles. The van der Waals surface area contributed by atoms with Crippen LogP contribution in [0.15, 0.2) is 53.2 Å². The first-order valence-corrected chi connectivity index (χ1v) is 6.67. The smallest absolute Gasteiger partial charge is 0.203 e. The normalized spacial score (nSPS) is 10.3. The van der Waals surface area contributed by atoms with E-state index in [1.165, 1.54) is 0 Å². The van der Waals surface area contributed by atoms with E-state index in [1.807, 2.05) is 36.5 Å². The second-order valence-electron chi connectivity index (χ2n) is 4.32. The van der Waals surface area contributed by atoms with Crippen molar-refractivity contribution in [3.63, 3.8) is 0 Å². The van der Waals surface area contributed by atoms with Crippen LogP contribution in [0, 0.1) is 11.3 Å². The lowest BCUT2D eigenvalue weighted by atomic mass is 10.2. The van der Waals surface area contributed by atoms with Gasteiger partial charge in [-0.3, -0.25) is 0 Å². The highest BCUT2D eigenvalue weighted by Crippen LogP contribution is 2.28. The summed E-state index contributed by atoms with van der Waals surface area (Å²) in [6.07, 6.45) is 3.52. The Morgan fingerprint density at radius 3 is 2.90 bits per heavy atom. The van der Waals surface area contributed by atoms with Crippen molar-refractivity contribution in [2.75, 3.05) is 5.32 Å². The van der Waals surface area contributed by atoms with Crippen molar-refractivity contribution in [1.29, 1.82) is 5.26 Å². The number of hydrogen-bond acceptors (Lipinski definition) is 4. The minimum absolute atomic E-state index is 0.296. The van der Waals surface area contributed by atoms with Crippen molar-refractivity contribution in [2.45, 2.75) is 6.54 Å². The minimum atomic E-state index is 0.296. The van der Waals surface area contributed by atoms with Crippen LogP contribution in [0.2, 0.25) is 5.02 Å². The number of nitrogens with one attached hydrogen (secondary N) is 1. The van der Waals surface area contributed by atoms with Gasteiger partial charge in [0.1, 0.15) is 17.5 Å². The lowest BCUT2D eigenvalue weighted by Crippen LogP contribution is -2.05. The van der Waals surface area contributed by atoms with E-state index in [9.17, 15) is 0 Å². The molecule has 0 saturated carbocycles. The Kier molecular flexibility index (Phi) is 3.63. The first-order valence-electron chi connectivity index (χ1n) is 6.29. The van der Waals surface area contributed by atoms with Crippen LogP contribution in [0.1, 0.15) is 11.5 Å². The summed E-state index contributed by atoms with van der Waals surface area (Å²) in [6, 6.07) is 12.8. The number of nitrogens with zero attached hydrogens (tertiary/aromatic N) is 3. The summed E-state index contributed by atoms with van der Waals surface area (Å²) in [6.45, 7) is 0.455. The molecule has 21 heavy (non-hydrogen) atoms. The van der Waals surface area contributed by atoms with Gasteiger partial charge in [-0.05, 0) is 30.3 Å². The Morgan fingerprint density at radius 2 is 2.19 bits per heavy atom. The second kappa shape index (κ2) is 5.73. The zero-order chi connectivity index (χ0) is 14.7. The van der Waals surface area contributed by atoms with Crippen LogP contribution >= 0.6 is 11.6 Å². The van der Waals surface area contributed by atoms with E-state index in [1.54, 1.807) is 23.0 Å². The maximum atomic E-state index is 8.75. The Balaban J connectivity index is 1.86. The average molecular weight is 299 g/mol. The molecule has 2 heterocycles. The molecule has 2 aromatic heterocycles. The van der Waals surface area contributed by atoms with Gasteiger partial charge in [0.2, 0.25) is 5.76 Å². The van der Waals surface area contributed by atoms with Crippen molar-refractivity contribution in [3.05, 3.63) is 65.3 Å². The zero-order valence-corrected chi connectivity index (χ0v) is 11.7. The van der Waals surface area contributed by atoms with E-state index in [0.29, 0.717) is 23.1 Å². The summed E-state index contributed by atoms with van der Waals surface area (Å²) in [5, 5.41) is 16.8. The molecule has 0 fully saturated rings. The second-order valence-corrected chi connectivity index (χ2v) is 4.73. The van der Waals surface area contributed by atoms with Crippen LogP contribution in [0.25, 0.3) is 5.69 Å². The third kappa shape index (κ3) is 2.76. The van der Waals surface area contributed by atoms with E-state index < -0.39 is 0 Å². The SMILES string of the molecule is N#Cc1ccc(CNc2cccc(Cl)c2-n2cccn2)o1. The molecule has 0 unspecified atom stereocenters. The van der Waals surface area contributed by atoms with Crippen molar-refractivity contribution in [2.24, 2.45) is 0 Å². The number of furan rings is 1. The van der Waals surface area contributed by atoms with Crippen molar-refractivity contribution < 1.29 is 4.42 Å². The van der Waals surface area contributed by atoms with Crippen LogP contribution in [0.3, 0.4) is 0 Å². The molecule has 6 heteroatoms. The van der Waals surface area contributed by atoms with E-state index >= 15 is 0 Å². The predicted octanol–water partition coefficient (Wildman–Crippen LogP) is 3.60. The fourth-order valence-corrected chi connectivity index (χ4v) is 2.27. The van der Waals surface area contributed by atoms with E-state index in [2.05, 4.69) is 10.4 Å². The van der Waals surface area contributed by atoms with Crippen LogP contribution in [0.4, 0.5) is 5.69 Å². The molecule has 104 valence electrons. The zero-order valence-electron chi connectivity index (χ0n) is 11.0. The van der Waals surface area contributed by atoms with Crippen LogP contribution in [-0.2, 0) is 6.54 Å². The Morgan fingerprint density at radius 1 is 1.29 bits per heavy atom. The highest BCUT2D eigenvalue weighted by Gasteiger charge is 2.10. The monoisotopic (exact) mass is 298 g/mol. The highest BCUT2D eigenvalue weighted by atomic mass is 35.5. The van der Waals surface area contributed by atoms with Crippen LogP contribution < -0.4 is 5.32 Å². The van der Waals surface area contributed by atoms with Gasteiger partial charge in [-0.15, -0.1) is 0 Å². The van der Waals surface area contributed by atoms with Gasteiger partial charge in [0.15, 0.2) is 0 Å². The first kappa shape index (κ1) is 13.3. The van der Waals surface area contributed by atoms with Gasteiger partial charge < -0.3 is 9.73 Å². The summed E-state index contributed by atoms with van der Waals surface area (Å²) in [5.74, 6) is 0.975. The summed E-state index contributed by atoms with van der Waals surface area (Å²) in [7, 11) is 0. The van der Waals surface area contributed by atoms with Crippen molar-refractivity contribution >= 4 is 17.3 Å². The third-order valence-corrected chi connectivity index (χ3v) is 3.25. The molecule has 0 amide bonds. The molecular weight excluding hydrogens is 288 g/mol. The number of halogens is 1. The van der Waals surface area contributed by atoms with E-state index in [4.69, 9.17) is 21.3 Å². The Bertz CT molecular complexity index is 786. The lowest BCUT2D eigenvalue weighted by molar-refractivity contribution is 0.506. The molecular formula is C15H11ClN4O. The maximum Gasteiger partial charge on any atom is 0.203 e. The van der Waals surface area contributed by atoms with Crippen LogP contribution in [-0.4, -0.2) is 9.78 Å². The van der Waals surface area contributed by atoms with Gasteiger partial charge in [-0.1, -0.05) is 17.7 Å². The molecule has 0 aliphatic rings. The lowest BCUT2D eigenvalue weighted by Gasteiger charge is -2.12. The van der Waals surface area contributed by atoms with Gasteiger partial charge in [-0.2, -0.15) is 10.4 Å².